The number of anilines is 1. The van der Waals surface area contributed by atoms with Crippen LogP contribution in [0.2, 0.25) is 5.02 Å². The highest BCUT2D eigenvalue weighted by atomic mass is 35.5. The molecule has 0 spiro atoms. The number of hydrogen-bond donors (Lipinski definition) is 1. The molecule has 0 unspecified atom stereocenters. The van der Waals surface area contributed by atoms with Crippen molar-refractivity contribution in [2.45, 2.75) is 18.4 Å². The molecule has 0 atom stereocenters. The van der Waals surface area contributed by atoms with E-state index in [1.54, 1.807) is 78.9 Å². The molecule has 0 bridgehead atoms. The summed E-state index contributed by atoms with van der Waals surface area (Å²) in [5.74, 6) is 0.178. The van der Waals surface area contributed by atoms with Crippen LogP contribution in [0.3, 0.4) is 0 Å². The third-order valence-corrected chi connectivity index (χ3v) is 6.83. The molecular weight excluding hydrogens is 460 g/mol. The Labute approximate surface area is 199 Å². The molecule has 3 aromatic rings. The van der Waals surface area contributed by atoms with E-state index in [2.05, 4.69) is 11.9 Å². The fourth-order valence-electron chi connectivity index (χ4n) is 3.00. The molecule has 0 fully saturated rings. The first-order chi connectivity index (χ1) is 15.8. The second-order valence-electron chi connectivity index (χ2n) is 7.33. The van der Waals surface area contributed by atoms with Gasteiger partial charge in [0.25, 0.3) is 15.9 Å². The molecule has 3 aromatic carbocycles. The van der Waals surface area contributed by atoms with Crippen LogP contribution in [0, 0.1) is 6.92 Å². The summed E-state index contributed by atoms with van der Waals surface area (Å²) >= 11 is 5.98. The summed E-state index contributed by atoms with van der Waals surface area (Å²) in [6.45, 7) is 5.77. The lowest BCUT2D eigenvalue weighted by Crippen LogP contribution is -2.30. The van der Waals surface area contributed by atoms with Crippen LogP contribution in [0.5, 0.6) is 5.75 Å². The Balaban J connectivity index is 1.87. The van der Waals surface area contributed by atoms with Gasteiger partial charge in [-0.2, -0.15) is 0 Å². The van der Waals surface area contributed by atoms with E-state index in [1.807, 2.05) is 6.92 Å². The van der Waals surface area contributed by atoms with Crippen LogP contribution in [0.25, 0.3) is 0 Å². The SMILES string of the molecule is C=CCNC(=O)COc1ccc(N(Cc2ccc(Cl)cc2)S(=O)(=O)c2ccc(C)cc2)cc1. The Morgan fingerprint density at radius 1 is 1.03 bits per heavy atom. The van der Waals surface area contributed by atoms with Crippen LogP contribution in [-0.4, -0.2) is 27.5 Å². The highest BCUT2D eigenvalue weighted by Gasteiger charge is 2.25. The average Bonchev–Trinajstić information content (AvgIpc) is 2.81. The minimum atomic E-state index is -3.84. The molecular formula is C25H25ClN2O4S. The summed E-state index contributed by atoms with van der Waals surface area (Å²) in [5.41, 5.74) is 2.22. The van der Waals surface area contributed by atoms with Crippen molar-refractivity contribution < 1.29 is 17.9 Å². The van der Waals surface area contributed by atoms with Crippen LogP contribution in [0.4, 0.5) is 5.69 Å². The number of amides is 1. The van der Waals surface area contributed by atoms with E-state index in [4.69, 9.17) is 16.3 Å². The molecule has 0 saturated carbocycles. The summed E-state index contributed by atoms with van der Waals surface area (Å²) in [7, 11) is -3.84. The molecule has 1 N–H and O–H groups in total. The van der Waals surface area contributed by atoms with Crippen molar-refractivity contribution in [3.8, 4) is 5.75 Å². The van der Waals surface area contributed by atoms with Gasteiger partial charge in [-0.25, -0.2) is 8.42 Å². The number of rotatable bonds is 10. The van der Waals surface area contributed by atoms with Crippen molar-refractivity contribution in [1.29, 1.82) is 0 Å². The van der Waals surface area contributed by atoms with E-state index in [0.717, 1.165) is 11.1 Å². The molecule has 33 heavy (non-hydrogen) atoms. The molecule has 172 valence electrons. The minimum absolute atomic E-state index is 0.123. The van der Waals surface area contributed by atoms with Crippen LogP contribution < -0.4 is 14.4 Å². The van der Waals surface area contributed by atoms with Gasteiger partial charge in [-0.3, -0.25) is 9.10 Å². The maximum atomic E-state index is 13.5. The fraction of sp³-hybridized carbons (Fsp3) is 0.160. The molecule has 0 saturated heterocycles. The maximum Gasteiger partial charge on any atom is 0.264 e. The Morgan fingerprint density at radius 3 is 2.27 bits per heavy atom. The fourth-order valence-corrected chi connectivity index (χ4v) is 4.58. The van der Waals surface area contributed by atoms with Crippen molar-refractivity contribution in [2.24, 2.45) is 0 Å². The molecule has 0 heterocycles. The Hall–Kier alpha value is -3.29. The van der Waals surface area contributed by atoms with Gasteiger partial charge in [0, 0.05) is 11.6 Å². The molecule has 0 aliphatic carbocycles. The average molecular weight is 485 g/mol. The van der Waals surface area contributed by atoms with Crippen molar-refractivity contribution >= 4 is 33.2 Å². The first-order valence-corrected chi connectivity index (χ1v) is 12.1. The van der Waals surface area contributed by atoms with Gasteiger partial charge in [0.2, 0.25) is 0 Å². The van der Waals surface area contributed by atoms with E-state index in [9.17, 15) is 13.2 Å². The molecule has 0 aliphatic rings. The Bertz CT molecular complexity index is 1190. The number of nitrogens with one attached hydrogen (secondary N) is 1. The summed E-state index contributed by atoms with van der Waals surface area (Å²) in [6.07, 6.45) is 1.58. The standard InChI is InChI=1S/C25H25ClN2O4S/c1-3-16-27-25(29)18-32-23-12-10-22(11-13-23)28(17-20-6-8-21(26)9-7-20)33(30,31)24-14-4-19(2)5-15-24/h3-15H,1,16-18H2,2H3,(H,27,29). The molecule has 0 radical (unpaired) electrons. The van der Waals surface area contributed by atoms with E-state index >= 15 is 0 Å². The van der Waals surface area contributed by atoms with Crippen LogP contribution in [0.15, 0.2) is 90.3 Å². The Morgan fingerprint density at radius 2 is 1.67 bits per heavy atom. The quantitative estimate of drug-likeness (QED) is 0.422. The predicted molar refractivity (Wildman–Crippen MR) is 131 cm³/mol. The van der Waals surface area contributed by atoms with E-state index in [-0.39, 0.29) is 24.0 Å². The van der Waals surface area contributed by atoms with Gasteiger partial charge in [-0.15, -0.1) is 6.58 Å². The number of ether oxygens (including phenoxy) is 1. The second-order valence-corrected chi connectivity index (χ2v) is 9.63. The lowest BCUT2D eigenvalue weighted by atomic mass is 10.2. The van der Waals surface area contributed by atoms with E-state index < -0.39 is 10.0 Å². The van der Waals surface area contributed by atoms with Gasteiger partial charge >= 0.3 is 0 Å². The summed E-state index contributed by atoms with van der Waals surface area (Å²) in [5, 5.41) is 3.20. The molecule has 1 amide bonds. The van der Waals surface area contributed by atoms with E-state index in [0.29, 0.717) is 23.0 Å². The highest BCUT2D eigenvalue weighted by molar-refractivity contribution is 7.92. The van der Waals surface area contributed by atoms with Crippen LogP contribution >= 0.6 is 11.6 Å². The maximum absolute atomic E-state index is 13.5. The largest absolute Gasteiger partial charge is 0.484 e. The Kier molecular flexibility index (Phi) is 8.14. The van der Waals surface area contributed by atoms with Gasteiger partial charge in [-0.05, 0) is 61.0 Å². The monoisotopic (exact) mass is 484 g/mol. The molecule has 6 nitrogen and oxygen atoms in total. The van der Waals surface area contributed by atoms with Gasteiger partial charge < -0.3 is 10.1 Å². The third-order valence-electron chi connectivity index (χ3n) is 4.79. The number of halogens is 1. The molecule has 3 rings (SSSR count). The first-order valence-electron chi connectivity index (χ1n) is 10.2. The number of sulfonamides is 1. The summed E-state index contributed by atoms with van der Waals surface area (Å²) < 4.78 is 33.9. The normalized spacial score (nSPS) is 11.0. The van der Waals surface area contributed by atoms with Crippen molar-refractivity contribution in [3.05, 3.63) is 102 Å². The zero-order valence-corrected chi connectivity index (χ0v) is 19.8. The van der Waals surface area contributed by atoms with Crippen molar-refractivity contribution in [2.75, 3.05) is 17.5 Å². The topological polar surface area (TPSA) is 75.7 Å². The number of aryl methyl sites for hydroxylation is 1. The van der Waals surface area contributed by atoms with Crippen molar-refractivity contribution in [1.82, 2.24) is 5.32 Å². The molecule has 0 aromatic heterocycles. The summed E-state index contributed by atoms with van der Waals surface area (Å²) in [4.78, 5) is 11.9. The van der Waals surface area contributed by atoms with E-state index in [1.165, 1.54) is 4.31 Å². The predicted octanol–water partition coefficient (Wildman–Crippen LogP) is 4.72. The third kappa shape index (κ3) is 6.60. The van der Waals surface area contributed by atoms with Gasteiger partial charge in [0.15, 0.2) is 6.61 Å². The number of hydrogen-bond acceptors (Lipinski definition) is 4. The number of benzene rings is 3. The minimum Gasteiger partial charge on any atom is -0.484 e. The second kappa shape index (κ2) is 11.0. The molecule has 0 aliphatic heterocycles. The first kappa shape index (κ1) is 24.4. The van der Waals surface area contributed by atoms with Crippen molar-refractivity contribution in [3.63, 3.8) is 0 Å². The van der Waals surface area contributed by atoms with Crippen LogP contribution in [0.1, 0.15) is 11.1 Å². The van der Waals surface area contributed by atoms with Gasteiger partial charge in [-0.1, -0.05) is 47.5 Å². The lowest BCUT2D eigenvalue weighted by Gasteiger charge is -2.25. The summed E-state index contributed by atoms with van der Waals surface area (Å²) in [6, 6.07) is 20.3. The van der Waals surface area contributed by atoms with Gasteiger partial charge in [0.05, 0.1) is 17.1 Å². The number of nitrogens with zero attached hydrogens (tertiary/aromatic N) is 1. The zero-order chi connectivity index (χ0) is 23.8. The number of carbonyl (C=O) groups excluding carboxylic acids is 1. The molecule has 8 heteroatoms. The van der Waals surface area contributed by atoms with Crippen LogP contribution in [-0.2, 0) is 21.4 Å². The van der Waals surface area contributed by atoms with Gasteiger partial charge in [0.1, 0.15) is 5.75 Å². The highest BCUT2D eigenvalue weighted by Crippen LogP contribution is 2.28. The zero-order valence-electron chi connectivity index (χ0n) is 18.2. The smallest absolute Gasteiger partial charge is 0.264 e. The lowest BCUT2D eigenvalue weighted by molar-refractivity contribution is -0.122. The number of carbonyl (C=O) groups is 1.